The van der Waals surface area contributed by atoms with E-state index in [4.69, 9.17) is 16.7 Å². The predicted molar refractivity (Wildman–Crippen MR) is 61.8 cm³/mol. The summed E-state index contributed by atoms with van der Waals surface area (Å²) in [4.78, 5) is 0. The Hall–Kier alpha value is -1.39. The summed E-state index contributed by atoms with van der Waals surface area (Å²) in [6.45, 7) is 0.171. The molecule has 1 aromatic heterocycles. The van der Waals surface area contributed by atoms with Gasteiger partial charge in [-0.15, -0.1) is 5.10 Å². The van der Waals surface area contributed by atoms with E-state index >= 15 is 0 Å². The molecule has 0 aliphatic rings. The minimum Gasteiger partial charge on any atom is -0.396 e. The van der Waals surface area contributed by atoms with Gasteiger partial charge in [0.05, 0.1) is 17.6 Å². The van der Waals surface area contributed by atoms with Crippen LogP contribution in [0.4, 0.5) is 0 Å². The quantitative estimate of drug-likeness (QED) is 0.883. The highest BCUT2D eigenvalue weighted by molar-refractivity contribution is 6.30. The van der Waals surface area contributed by atoms with Crippen molar-refractivity contribution in [3.63, 3.8) is 0 Å². The standard InChI is InChI=1S/C11H12ClN3O/c12-9-3-1-5-11(7-9)15-8-10(13-14-15)4-2-6-16/h1,3,5,7-8,16H,2,4,6H2. The first-order chi connectivity index (χ1) is 7.79. The van der Waals surface area contributed by atoms with Crippen LogP contribution in [0, 0.1) is 0 Å². The molecule has 0 unspecified atom stereocenters. The summed E-state index contributed by atoms with van der Waals surface area (Å²) in [6.07, 6.45) is 3.28. The second kappa shape index (κ2) is 5.09. The van der Waals surface area contributed by atoms with E-state index in [2.05, 4.69) is 10.3 Å². The summed E-state index contributed by atoms with van der Waals surface area (Å²) in [5.41, 5.74) is 1.75. The number of rotatable bonds is 4. The molecule has 0 fully saturated rings. The van der Waals surface area contributed by atoms with Gasteiger partial charge in [0.1, 0.15) is 0 Å². The van der Waals surface area contributed by atoms with E-state index in [0.29, 0.717) is 11.4 Å². The third-order valence-electron chi connectivity index (χ3n) is 2.20. The average Bonchev–Trinajstić information content (AvgIpc) is 2.75. The van der Waals surface area contributed by atoms with Crippen LogP contribution in [0.3, 0.4) is 0 Å². The fourth-order valence-electron chi connectivity index (χ4n) is 1.42. The van der Waals surface area contributed by atoms with Crippen LogP contribution in [0.25, 0.3) is 5.69 Å². The molecule has 2 aromatic rings. The zero-order valence-corrected chi connectivity index (χ0v) is 9.43. The molecule has 0 atom stereocenters. The van der Waals surface area contributed by atoms with Crippen molar-refractivity contribution >= 4 is 11.6 Å². The van der Waals surface area contributed by atoms with Gasteiger partial charge in [-0.05, 0) is 31.0 Å². The molecule has 0 bridgehead atoms. The van der Waals surface area contributed by atoms with E-state index in [1.54, 1.807) is 4.68 Å². The van der Waals surface area contributed by atoms with Gasteiger partial charge >= 0.3 is 0 Å². The molecule has 1 N–H and O–H groups in total. The van der Waals surface area contributed by atoms with Gasteiger partial charge in [0.15, 0.2) is 0 Å². The van der Waals surface area contributed by atoms with Crippen molar-refractivity contribution in [1.29, 1.82) is 0 Å². The number of nitrogens with zero attached hydrogens (tertiary/aromatic N) is 3. The number of hydrogen-bond donors (Lipinski definition) is 1. The Labute approximate surface area is 98.5 Å². The molecule has 2 rings (SSSR count). The Balaban J connectivity index is 2.18. The van der Waals surface area contributed by atoms with E-state index in [0.717, 1.165) is 17.8 Å². The second-order valence-corrected chi connectivity index (χ2v) is 3.90. The molecule has 1 aromatic carbocycles. The van der Waals surface area contributed by atoms with E-state index in [9.17, 15) is 0 Å². The summed E-state index contributed by atoms with van der Waals surface area (Å²) >= 11 is 5.89. The first-order valence-electron chi connectivity index (χ1n) is 5.07. The van der Waals surface area contributed by atoms with Crippen molar-refractivity contribution in [2.45, 2.75) is 12.8 Å². The van der Waals surface area contributed by atoms with Crippen molar-refractivity contribution in [3.8, 4) is 5.69 Å². The highest BCUT2D eigenvalue weighted by Crippen LogP contribution is 2.14. The van der Waals surface area contributed by atoms with E-state index in [-0.39, 0.29) is 6.61 Å². The minimum atomic E-state index is 0.171. The van der Waals surface area contributed by atoms with Crippen LogP contribution in [0.15, 0.2) is 30.5 Å². The van der Waals surface area contributed by atoms with Crippen molar-refractivity contribution in [3.05, 3.63) is 41.2 Å². The van der Waals surface area contributed by atoms with Crippen LogP contribution < -0.4 is 0 Å². The summed E-state index contributed by atoms with van der Waals surface area (Å²) in [5.74, 6) is 0. The highest BCUT2D eigenvalue weighted by atomic mass is 35.5. The average molecular weight is 238 g/mol. The Morgan fingerprint density at radius 3 is 3.00 bits per heavy atom. The Bertz CT molecular complexity index is 470. The smallest absolute Gasteiger partial charge is 0.0832 e. The zero-order valence-electron chi connectivity index (χ0n) is 8.67. The summed E-state index contributed by atoms with van der Waals surface area (Å²) < 4.78 is 1.68. The third kappa shape index (κ3) is 2.59. The van der Waals surface area contributed by atoms with Crippen LogP contribution in [0.1, 0.15) is 12.1 Å². The molecule has 5 heteroatoms. The molecule has 0 saturated carbocycles. The fraction of sp³-hybridized carbons (Fsp3) is 0.273. The number of benzene rings is 1. The van der Waals surface area contributed by atoms with Gasteiger partial charge in [0, 0.05) is 11.6 Å². The van der Waals surface area contributed by atoms with Crippen LogP contribution in [-0.4, -0.2) is 26.7 Å². The number of aliphatic hydroxyl groups is 1. The van der Waals surface area contributed by atoms with Crippen LogP contribution in [-0.2, 0) is 6.42 Å². The number of aromatic nitrogens is 3. The molecule has 1 heterocycles. The first-order valence-corrected chi connectivity index (χ1v) is 5.45. The van der Waals surface area contributed by atoms with Gasteiger partial charge in [0.2, 0.25) is 0 Å². The number of aryl methyl sites for hydroxylation is 1. The molecular formula is C11H12ClN3O. The molecule has 4 nitrogen and oxygen atoms in total. The van der Waals surface area contributed by atoms with Gasteiger partial charge in [-0.25, -0.2) is 4.68 Å². The van der Waals surface area contributed by atoms with E-state index in [1.807, 2.05) is 30.5 Å². The molecule has 0 radical (unpaired) electrons. The van der Waals surface area contributed by atoms with Crippen molar-refractivity contribution in [1.82, 2.24) is 15.0 Å². The molecular weight excluding hydrogens is 226 g/mol. The van der Waals surface area contributed by atoms with Crippen molar-refractivity contribution in [2.75, 3.05) is 6.61 Å². The number of halogens is 1. The maximum absolute atomic E-state index is 8.72. The zero-order chi connectivity index (χ0) is 11.4. The molecule has 16 heavy (non-hydrogen) atoms. The Morgan fingerprint density at radius 1 is 1.38 bits per heavy atom. The lowest BCUT2D eigenvalue weighted by Gasteiger charge is -1.99. The molecule has 0 amide bonds. The highest BCUT2D eigenvalue weighted by Gasteiger charge is 2.02. The van der Waals surface area contributed by atoms with Gasteiger partial charge in [-0.3, -0.25) is 0 Å². The van der Waals surface area contributed by atoms with Gasteiger partial charge in [0.25, 0.3) is 0 Å². The maximum Gasteiger partial charge on any atom is 0.0832 e. The molecule has 0 aliphatic heterocycles. The molecule has 0 saturated heterocycles. The third-order valence-corrected chi connectivity index (χ3v) is 2.44. The summed E-state index contributed by atoms with van der Waals surface area (Å²) in [6, 6.07) is 7.42. The number of hydrogen-bond acceptors (Lipinski definition) is 3. The molecule has 84 valence electrons. The SMILES string of the molecule is OCCCc1cn(-c2cccc(Cl)c2)nn1. The minimum absolute atomic E-state index is 0.171. The second-order valence-electron chi connectivity index (χ2n) is 3.46. The lowest BCUT2D eigenvalue weighted by Crippen LogP contribution is -1.94. The van der Waals surface area contributed by atoms with Crippen LogP contribution in [0.5, 0.6) is 0 Å². The topological polar surface area (TPSA) is 50.9 Å². The lowest BCUT2D eigenvalue weighted by atomic mass is 10.2. The predicted octanol–water partition coefficient (Wildman–Crippen LogP) is 1.85. The lowest BCUT2D eigenvalue weighted by molar-refractivity contribution is 0.288. The largest absolute Gasteiger partial charge is 0.396 e. The monoisotopic (exact) mass is 237 g/mol. The number of aliphatic hydroxyl groups excluding tert-OH is 1. The van der Waals surface area contributed by atoms with Crippen molar-refractivity contribution < 1.29 is 5.11 Å². The van der Waals surface area contributed by atoms with Gasteiger partial charge in [-0.1, -0.05) is 22.9 Å². The van der Waals surface area contributed by atoms with Crippen LogP contribution >= 0.6 is 11.6 Å². The van der Waals surface area contributed by atoms with Gasteiger partial charge in [-0.2, -0.15) is 0 Å². The van der Waals surface area contributed by atoms with Crippen molar-refractivity contribution in [2.24, 2.45) is 0 Å². The van der Waals surface area contributed by atoms with Crippen LogP contribution in [0.2, 0.25) is 5.02 Å². The first kappa shape index (κ1) is 11.1. The maximum atomic E-state index is 8.72. The molecule has 0 aliphatic carbocycles. The molecule has 0 spiro atoms. The van der Waals surface area contributed by atoms with E-state index in [1.165, 1.54) is 0 Å². The Morgan fingerprint density at radius 2 is 2.25 bits per heavy atom. The normalized spacial score (nSPS) is 10.6. The van der Waals surface area contributed by atoms with Gasteiger partial charge < -0.3 is 5.11 Å². The summed E-state index contributed by atoms with van der Waals surface area (Å²) in [7, 11) is 0. The van der Waals surface area contributed by atoms with E-state index < -0.39 is 0 Å². The Kier molecular flexibility index (Phi) is 3.54. The fourth-order valence-corrected chi connectivity index (χ4v) is 1.60. The summed E-state index contributed by atoms with van der Waals surface area (Å²) in [5, 5.41) is 17.4.